The molecule has 0 aromatic heterocycles. The molecule has 0 bridgehead atoms. The SMILES string of the molecule is Cc1ccc(N2C(=O)C(CC(=O)O)NC2=S)cc1.O. The zero-order valence-corrected chi connectivity index (χ0v) is 11.0. The molecule has 6 nitrogen and oxygen atoms in total. The van der Waals surface area contributed by atoms with Crippen LogP contribution in [-0.4, -0.2) is 33.6 Å². The van der Waals surface area contributed by atoms with Crippen molar-refractivity contribution in [1.82, 2.24) is 5.32 Å². The summed E-state index contributed by atoms with van der Waals surface area (Å²) >= 11 is 5.06. The number of nitrogens with zero attached hydrogens (tertiary/aromatic N) is 1. The lowest BCUT2D eigenvalue weighted by atomic mass is 10.2. The molecule has 1 aromatic carbocycles. The molecule has 1 amide bonds. The summed E-state index contributed by atoms with van der Waals surface area (Å²) in [6.07, 6.45) is -0.276. The lowest BCUT2D eigenvalue weighted by molar-refractivity contribution is -0.139. The molecule has 1 aromatic rings. The number of thiocarbonyl (C=S) groups is 1. The molecular formula is C12H14N2O4S. The summed E-state index contributed by atoms with van der Waals surface area (Å²) in [7, 11) is 0. The van der Waals surface area contributed by atoms with Gasteiger partial charge in [-0.3, -0.25) is 14.5 Å². The van der Waals surface area contributed by atoms with E-state index in [1.165, 1.54) is 4.90 Å². The highest BCUT2D eigenvalue weighted by molar-refractivity contribution is 7.80. The predicted molar refractivity (Wildman–Crippen MR) is 74.1 cm³/mol. The van der Waals surface area contributed by atoms with Crippen LogP contribution in [0.4, 0.5) is 5.69 Å². The Balaban J connectivity index is 0.00000180. The molecule has 102 valence electrons. The summed E-state index contributed by atoms with van der Waals surface area (Å²) < 4.78 is 0. The van der Waals surface area contributed by atoms with Crippen LogP contribution < -0.4 is 10.2 Å². The summed E-state index contributed by atoms with van der Waals surface area (Å²) in [6.45, 7) is 1.94. The van der Waals surface area contributed by atoms with Gasteiger partial charge in [0.15, 0.2) is 5.11 Å². The van der Waals surface area contributed by atoms with E-state index in [-0.39, 0.29) is 22.9 Å². The van der Waals surface area contributed by atoms with Crippen molar-refractivity contribution >= 4 is 34.9 Å². The van der Waals surface area contributed by atoms with Crippen LogP contribution in [0, 0.1) is 6.92 Å². The van der Waals surface area contributed by atoms with Crippen molar-refractivity contribution in [3.63, 3.8) is 0 Å². The first-order chi connectivity index (χ1) is 8.49. The second-order valence-corrected chi connectivity index (χ2v) is 4.50. The van der Waals surface area contributed by atoms with Gasteiger partial charge in [-0.05, 0) is 31.3 Å². The van der Waals surface area contributed by atoms with Crippen LogP contribution in [0.25, 0.3) is 0 Å². The number of carbonyl (C=O) groups is 2. The van der Waals surface area contributed by atoms with Gasteiger partial charge in [0.2, 0.25) is 0 Å². The number of carboxylic acids is 1. The average molecular weight is 282 g/mol. The Hall–Kier alpha value is -1.99. The van der Waals surface area contributed by atoms with Crippen molar-refractivity contribution in [2.45, 2.75) is 19.4 Å². The summed E-state index contributed by atoms with van der Waals surface area (Å²) in [6, 6.07) is 6.52. The number of carboxylic acid groups (broad SMARTS) is 1. The molecule has 2 rings (SSSR count). The molecule has 1 aliphatic rings. The second kappa shape index (κ2) is 5.77. The molecule has 0 spiro atoms. The Morgan fingerprint density at radius 3 is 2.53 bits per heavy atom. The Kier molecular flexibility index (Phi) is 4.57. The van der Waals surface area contributed by atoms with Gasteiger partial charge in [0.05, 0.1) is 12.1 Å². The third kappa shape index (κ3) is 3.07. The molecular weight excluding hydrogens is 268 g/mol. The van der Waals surface area contributed by atoms with E-state index in [0.717, 1.165) is 5.56 Å². The fourth-order valence-electron chi connectivity index (χ4n) is 1.78. The molecule has 0 radical (unpaired) electrons. The predicted octanol–water partition coefficient (Wildman–Crippen LogP) is 0.235. The van der Waals surface area contributed by atoms with E-state index in [2.05, 4.69) is 5.32 Å². The van der Waals surface area contributed by atoms with E-state index in [0.29, 0.717) is 5.69 Å². The minimum absolute atomic E-state index is 0. The lowest BCUT2D eigenvalue weighted by Gasteiger charge is -2.14. The first-order valence-corrected chi connectivity index (χ1v) is 5.83. The first-order valence-electron chi connectivity index (χ1n) is 5.42. The van der Waals surface area contributed by atoms with E-state index < -0.39 is 12.0 Å². The average Bonchev–Trinajstić information content (AvgIpc) is 2.55. The molecule has 1 aliphatic heterocycles. The quantitative estimate of drug-likeness (QED) is 0.773. The summed E-state index contributed by atoms with van der Waals surface area (Å²) in [4.78, 5) is 24.0. The third-order valence-electron chi connectivity index (χ3n) is 2.69. The Bertz CT molecular complexity index is 515. The molecule has 4 N–H and O–H groups in total. The van der Waals surface area contributed by atoms with Crippen LogP contribution in [0.3, 0.4) is 0 Å². The number of hydrogen-bond acceptors (Lipinski definition) is 3. The van der Waals surface area contributed by atoms with Gasteiger partial charge in [0, 0.05) is 0 Å². The highest BCUT2D eigenvalue weighted by atomic mass is 32.1. The maximum atomic E-state index is 12.0. The minimum Gasteiger partial charge on any atom is -0.481 e. The van der Waals surface area contributed by atoms with Crippen molar-refractivity contribution in [2.24, 2.45) is 0 Å². The normalized spacial score (nSPS) is 17.9. The van der Waals surface area contributed by atoms with Crippen LogP contribution in [-0.2, 0) is 9.59 Å². The van der Waals surface area contributed by atoms with Crippen molar-refractivity contribution in [3.05, 3.63) is 29.8 Å². The molecule has 1 saturated heterocycles. The van der Waals surface area contributed by atoms with Gasteiger partial charge in [-0.15, -0.1) is 0 Å². The zero-order chi connectivity index (χ0) is 13.3. The standard InChI is InChI=1S/C12H12N2O3S.H2O/c1-7-2-4-8(5-3-7)14-11(17)9(6-10(15)16)13-12(14)18;/h2-5,9H,6H2,1H3,(H,13,18)(H,15,16);1H2. The van der Waals surface area contributed by atoms with E-state index in [1.54, 1.807) is 12.1 Å². The van der Waals surface area contributed by atoms with Crippen LogP contribution in [0.2, 0.25) is 0 Å². The van der Waals surface area contributed by atoms with E-state index >= 15 is 0 Å². The Morgan fingerprint density at radius 1 is 1.42 bits per heavy atom. The number of benzene rings is 1. The number of aliphatic carboxylic acids is 1. The Labute approximate surface area is 115 Å². The highest BCUT2D eigenvalue weighted by Crippen LogP contribution is 2.21. The summed E-state index contributed by atoms with van der Waals surface area (Å²) in [5.41, 5.74) is 1.72. The smallest absolute Gasteiger partial charge is 0.305 e. The molecule has 19 heavy (non-hydrogen) atoms. The fourth-order valence-corrected chi connectivity index (χ4v) is 2.12. The maximum absolute atomic E-state index is 12.0. The molecule has 0 aliphatic carbocycles. The van der Waals surface area contributed by atoms with Crippen LogP contribution in [0.5, 0.6) is 0 Å². The highest BCUT2D eigenvalue weighted by Gasteiger charge is 2.37. The molecule has 1 fully saturated rings. The number of hydrogen-bond donors (Lipinski definition) is 2. The first kappa shape index (κ1) is 15.1. The van der Waals surface area contributed by atoms with Crippen molar-refractivity contribution in [2.75, 3.05) is 4.90 Å². The largest absolute Gasteiger partial charge is 0.481 e. The molecule has 1 atom stereocenters. The van der Waals surface area contributed by atoms with Crippen LogP contribution in [0.1, 0.15) is 12.0 Å². The fraction of sp³-hybridized carbons (Fsp3) is 0.250. The number of nitrogens with one attached hydrogen (secondary N) is 1. The van der Waals surface area contributed by atoms with Crippen molar-refractivity contribution < 1.29 is 20.2 Å². The summed E-state index contributed by atoms with van der Waals surface area (Å²) in [5.74, 6) is -1.36. The summed E-state index contributed by atoms with van der Waals surface area (Å²) in [5, 5.41) is 11.7. The minimum atomic E-state index is -1.03. The molecule has 1 heterocycles. The third-order valence-corrected chi connectivity index (χ3v) is 2.99. The van der Waals surface area contributed by atoms with E-state index in [1.807, 2.05) is 19.1 Å². The number of amides is 1. The van der Waals surface area contributed by atoms with Gasteiger partial charge in [-0.25, -0.2) is 0 Å². The van der Waals surface area contributed by atoms with Crippen molar-refractivity contribution in [3.8, 4) is 0 Å². The number of carbonyl (C=O) groups excluding carboxylic acids is 1. The second-order valence-electron chi connectivity index (χ2n) is 4.11. The Morgan fingerprint density at radius 2 is 2.00 bits per heavy atom. The van der Waals surface area contributed by atoms with Gasteiger partial charge in [-0.1, -0.05) is 17.7 Å². The molecule has 7 heteroatoms. The van der Waals surface area contributed by atoms with Crippen molar-refractivity contribution in [1.29, 1.82) is 0 Å². The van der Waals surface area contributed by atoms with Gasteiger partial charge in [0.25, 0.3) is 5.91 Å². The number of aryl methyl sites for hydroxylation is 1. The monoisotopic (exact) mass is 282 g/mol. The van der Waals surface area contributed by atoms with E-state index in [9.17, 15) is 9.59 Å². The van der Waals surface area contributed by atoms with E-state index in [4.69, 9.17) is 17.3 Å². The number of rotatable bonds is 3. The number of anilines is 1. The zero-order valence-electron chi connectivity index (χ0n) is 10.2. The van der Waals surface area contributed by atoms with Gasteiger partial charge in [0.1, 0.15) is 6.04 Å². The van der Waals surface area contributed by atoms with Gasteiger partial charge >= 0.3 is 5.97 Å². The molecule has 0 saturated carbocycles. The van der Waals surface area contributed by atoms with Crippen LogP contribution >= 0.6 is 12.2 Å². The lowest BCUT2D eigenvalue weighted by Crippen LogP contribution is -2.32. The topological polar surface area (TPSA) is 101 Å². The van der Waals surface area contributed by atoms with Crippen LogP contribution in [0.15, 0.2) is 24.3 Å². The van der Waals surface area contributed by atoms with Gasteiger partial charge < -0.3 is 15.9 Å². The van der Waals surface area contributed by atoms with Gasteiger partial charge in [-0.2, -0.15) is 0 Å². The maximum Gasteiger partial charge on any atom is 0.305 e. The molecule has 1 unspecified atom stereocenters.